The summed E-state index contributed by atoms with van der Waals surface area (Å²) in [6.07, 6.45) is 2.99. The Hall–Kier alpha value is -1.19. The van der Waals surface area contributed by atoms with Gasteiger partial charge in [0.25, 0.3) is 0 Å². The van der Waals surface area contributed by atoms with Gasteiger partial charge in [0.05, 0.1) is 0 Å². The van der Waals surface area contributed by atoms with Gasteiger partial charge in [-0.05, 0) is 6.92 Å². The molecule has 0 bridgehead atoms. The fraction of sp³-hybridized carbons (Fsp3) is 0.500. The molecule has 0 atom stereocenters. The molecule has 0 amide bonds. The summed E-state index contributed by atoms with van der Waals surface area (Å²) < 4.78 is 0. The van der Waals surface area contributed by atoms with Crippen molar-refractivity contribution in [2.45, 2.75) is 6.92 Å². The van der Waals surface area contributed by atoms with Crippen molar-refractivity contribution in [3.63, 3.8) is 0 Å². The van der Waals surface area contributed by atoms with Gasteiger partial charge in [0.2, 0.25) is 5.95 Å². The lowest BCUT2D eigenvalue weighted by Gasteiger charge is -2.11. The monoisotopic (exact) mass is 138 g/mol. The van der Waals surface area contributed by atoms with Crippen molar-refractivity contribution in [3.8, 4) is 0 Å². The molecule has 0 aliphatic carbocycles. The van der Waals surface area contributed by atoms with E-state index in [1.165, 1.54) is 12.7 Å². The van der Waals surface area contributed by atoms with E-state index in [1.54, 1.807) is 0 Å². The molecular weight excluding hydrogens is 128 g/mol. The topological polar surface area (TPSA) is 41.9 Å². The van der Waals surface area contributed by atoms with Crippen LogP contribution in [0.1, 0.15) is 6.92 Å². The molecule has 0 N–H and O–H groups in total. The summed E-state index contributed by atoms with van der Waals surface area (Å²) in [6, 6.07) is 0. The summed E-state index contributed by atoms with van der Waals surface area (Å²) in [7, 11) is 1.94. The molecule has 0 spiro atoms. The summed E-state index contributed by atoms with van der Waals surface area (Å²) in [6.45, 7) is 2.95. The second kappa shape index (κ2) is 3.10. The van der Waals surface area contributed by atoms with E-state index in [2.05, 4.69) is 15.0 Å². The predicted molar refractivity (Wildman–Crippen MR) is 38.8 cm³/mol. The molecule has 4 heteroatoms. The fourth-order valence-corrected chi connectivity index (χ4v) is 0.572. The van der Waals surface area contributed by atoms with Crippen molar-refractivity contribution in [2.24, 2.45) is 0 Å². The third-order valence-electron chi connectivity index (χ3n) is 1.30. The first kappa shape index (κ1) is 6.92. The normalized spacial score (nSPS) is 9.40. The molecule has 1 aromatic heterocycles. The lowest BCUT2D eigenvalue weighted by Crippen LogP contribution is -2.18. The molecule has 0 saturated heterocycles. The zero-order valence-corrected chi connectivity index (χ0v) is 6.15. The van der Waals surface area contributed by atoms with Crippen LogP contribution in [0.2, 0.25) is 0 Å². The Balaban J connectivity index is 2.75. The van der Waals surface area contributed by atoms with E-state index in [0.717, 1.165) is 12.5 Å². The first-order chi connectivity index (χ1) is 4.84. The van der Waals surface area contributed by atoms with E-state index in [-0.39, 0.29) is 0 Å². The van der Waals surface area contributed by atoms with Crippen LogP contribution >= 0.6 is 0 Å². The molecule has 1 aromatic rings. The van der Waals surface area contributed by atoms with Crippen molar-refractivity contribution < 1.29 is 0 Å². The average molecular weight is 138 g/mol. The molecule has 1 heterocycles. The Bertz CT molecular complexity index is 186. The van der Waals surface area contributed by atoms with Crippen LogP contribution in [0.15, 0.2) is 12.7 Å². The lowest BCUT2D eigenvalue weighted by molar-refractivity contribution is 0.882. The third kappa shape index (κ3) is 1.40. The van der Waals surface area contributed by atoms with E-state index in [9.17, 15) is 0 Å². The molecule has 0 aliphatic heterocycles. The highest BCUT2D eigenvalue weighted by atomic mass is 15.2. The highest BCUT2D eigenvalue weighted by Gasteiger charge is 1.97. The quantitative estimate of drug-likeness (QED) is 0.590. The maximum atomic E-state index is 3.95. The smallest absolute Gasteiger partial charge is 0.228 e. The van der Waals surface area contributed by atoms with Gasteiger partial charge in [0.15, 0.2) is 0 Å². The summed E-state index contributed by atoms with van der Waals surface area (Å²) in [5.74, 6) is 0.720. The molecule has 0 saturated carbocycles. The molecular formula is C6H10N4. The van der Waals surface area contributed by atoms with E-state index in [1.807, 2.05) is 18.9 Å². The highest BCUT2D eigenvalue weighted by molar-refractivity contribution is 5.24. The van der Waals surface area contributed by atoms with Crippen molar-refractivity contribution in [1.29, 1.82) is 0 Å². The van der Waals surface area contributed by atoms with Gasteiger partial charge < -0.3 is 4.90 Å². The van der Waals surface area contributed by atoms with Gasteiger partial charge in [0, 0.05) is 13.6 Å². The predicted octanol–water partition coefficient (Wildman–Crippen LogP) is 0.328. The third-order valence-corrected chi connectivity index (χ3v) is 1.30. The minimum absolute atomic E-state index is 0.720. The summed E-state index contributed by atoms with van der Waals surface area (Å²) in [5, 5.41) is 0. The maximum absolute atomic E-state index is 3.95. The van der Waals surface area contributed by atoms with Crippen LogP contribution in [0.25, 0.3) is 0 Å². The molecule has 10 heavy (non-hydrogen) atoms. The van der Waals surface area contributed by atoms with Crippen LogP contribution in [0.4, 0.5) is 5.95 Å². The Morgan fingerprint density at radius 1 is 1.40 bits per heavy atom. The fourth-order valence-electron chi connectivity index (χ4n) is 0.572. The average Bonchev–Trinajstić information content (AvgIpc) is 2.05. The summed E-state index contributed by atoms with van der Waals surface area (Å²) in [4.78, 5) is 13.6. The lowest BCUT2D eigenvalue weighted by atomic mass is 10.6. The first-order valence-corrected chi connectivity index (χ1v) is 3.17. The van der Waals surface area contributed by atoms with Gasteiger partial charge in [-0.1, -0.05) is 0 Å². The van der Waals surface area contributed by atoms with Crippen molar-refractivity contribution in [1.82, 2.24) is 15.0 Å². The van der Waals surface area contributed by atoms with Gasteiger partial charge in [-0.15, -0.1) is 0 Å². The number of hydrogen-bond donors (Lipinski definition) is 0. The van der Waals surface area contributed by atoms with E-state index < -0.39 is 0 Å². The zero-order valence-electron chi connectivity index (χ0n) is 6.15. The molecule has 0 unspecified atom stereocenters. The van der Waals surface area contributed by atoms with Crippen LogP contribution in [0.3, 0.4) is 0 Å². The van der Waals surface area contributed by atoms with Crippen molar-refractivity contribution in [3.05, 3.63) is 12.7 Å². The van der Waals surface area contributed by atoms with Gasteiger partial charge in [-0.2, -0.15) is 0 Å². The highest BCUT2D eigenvalue weighted by Crippen LogP contribution is 1.97. The van der Waals surface area contributed by atoms with Crippen LogP contribution in [-0.2, 0) is 0 Å². The zero-order chi connectivity index (χ0) is 7.40. The summed E-state index contributed by atoms with van der Waals surface area (Å²) >= 11 is 0. The minimum Gasteiger partial charge on any atom is -0.344 e. The minimum atomic E-state index is 0.720. The molecule has 54 valence electrons. The van der Waals surface area contributed by atoms with Gasteiger partial charge in [0.1, 0.15) is 12.7 Å². The van der Waals surface area contributed by atoms with Gasteiger partial charge in [-0.3, -0.25) is 0 Å². The molecule has 0 aromatic carbocycles. The van der Waals surface area contributed by atoms with E-state index in [0.29, 0.717) is 0 Å². The number of aromatic nitrogens is 3. The second-order valence-electron chi connectivity index (χ2n) is 1.95. The Kier molecular flexibility index (Phi) is 2.15. The van der Waals surface area contributed by atoms with Crippen LogP contribution in [-0.4, -0.2) is 28.5 Å². The largest absolute Gasteiger partial charge is 0.344 e. The number of rotatable bonds is 2. The Morgan fingerprint density at radius 3 is 2.50 bits per heavy atom. The molecule has 0 fully saturated rings. The second-order valence-corrected chi connectivity index (χ2v) is 1.95. The maximum Gasteiger partial charge on any atom is 0.228 e. The van der Waals surface area contributed by atoms with Crippen molar-refractivity contribution >= 4 is 5.95 Å². The SMILES string of the molecule is CCN(C)c1ncncn1. The Morgan fingerprint density at radius 2 is 2.00 bits per heavy atom. The number of nitrogens with zero attached hydrogens (tertiary/aromatic N) is 4. The van der Waals surface area contributed by atoms with Crippen LogP contribution < -0.4 is 4.90 Å². The van der Waals surface area contributed by atoms with Gasteiger partial charge in [-0.25, -0.2) is 15.0 Å². The van der Waals surface area contributed by atoms with Crippen LogP contribution in [0, 0.1) is 0 Å². The molecule has 4 nitrogen and oxygen atoms in total. The van der Waals surface area contributed by atoms with E-state index >= 15 is 0 Å². The number of hydrogen-bond acceptors (Lipinski definition) is 4. The molecule has 0 aliphatic rings. The van der Waals surface area contributed by atoms with E-state index in [4.69, 9.17) is 0 Å². The van der Waals surface area contributed by atoms with Crippen molar-refractivity contribution in [2.75, 3.05) is 18.5 Å². The first-order valence-electron chi connectivity index (χ1n) is 3.17. The summed E-state index contributed by atoms with van der Waals surface area (Å²) in [5.41, 5.74) is 0. The molecule has 0 radical (unpaired) electrons. The van der Waals surface area contributed by atoms with Gasteiger partial charge >= 0.3 is 0 Å². The van der Waals surface area contributed by atoms with Crippen LogP contribution in [0.5, 0.6) is 0 Å². The Labute approximate surface area is 59.9 Å². The number of anilines is 1. The molecule has 1 rings (SSSR count). The standard InChI is InChI=1S/C6H10N4/c1-3-10(2)6-8-4-7-5-9-6/h4-5H,3H2,1-2H3.